The van der Waals surface area contributed by atoms with Gasteiger partial charge in [-0.2, -0.15) is 0 Å². The van der Waals surface area contributed by atoms with Gasteiger partial charge in [0.1, 0.15) is 5.75 Å². The van der Waals surface area contributed by atoms with Crippen molar-refractivity contribution < 1.29 is 14.3 Å². The van der Waals surface area contributed by atoms with E-state index in [0.29, 0.717) is 22.6 Å². The van der Waals surface area contributed by atoms with Gasteiger partial charge in [0.25, 0.3) is 11.8 Å². The normalized spacial score (nSPS) is 10.5. The Morgan fingerprint density at radius 2 is 1.52 bits per heavy atom. The van der Waals surface area contributed by atoms with Crippen LogP contribution < -0.4 is 15.0 Å². The van der Waals surface area contributed by atoms with Gasteiger partial charge in [0.05, 0.1) is 11.8 Å². The summed E-state index contributed by atoms with van der Waals surface area (Å²) in [6, 6.07) is 23.3. The number of rotatable bonds is 6. The van der Waals surface area contributed by atoms with Crippen LogP contribution >= 0.6 is 0 Å². The van der Waals surface area contributed by atoms with Crippen molar-refractivity contribution in [1.82, 2.24) is 0 Å². The summed E-state index contributed by atoms with van der Waals surface area (Å²) in [7, 11) is 1.71. The van der Waals surface area contributed by atoms with Crippen LogP contribution in [0.1, 0.15) is 34.6 Å². The fraction of sp³-hybridized carbons (Fsp3) is 0.167. The summed E-state index contributed by atoms with van der Waals surface area (Å²) in [6.07, 6.45) is -0.0116. The van der Waals surface area contributed by atoms with E-state index in [2.05, 4.69) is 5.32 Å². The zero-order chi connectivity index (χ0) is 20.8. The third-order valence-electron chi connectivity index (χ3n) is 4.32. The third-order valence-corrected chi connectivity index (χ3v) is 4.32. The van der Waals surface area contributed by atoms with Gasteiger partial charge >= 0.3 is 0 Å². The highest BCUT2D eigenvalue weighted by Crippen LogP contribution is 2.25. The second-order valence-corrected chi connectivity index (χ2v) is 6.90. The van der Waals surface area contributed by atoms with Gasteiger partial charge in [-0.15, -0.1) is 0 Å². The first-order valence-electron chi connectivity index (χ1n) is 9.46. The van der Waals surface area contributed by atoms with Crippen molar-refractivity contribution in [3.63, 3.8) is 0 Å². The Bertz CT molecular complexity index is 1000. The minimum Gasteiger partial charge on any atom is -0.489 e. The SMILES string of the molecule is CC(C)Oc1ccccc1NC(=O)c1cccc(C(=O)N(C)c2ccccc2)c1. The van der Waals surface area contributed by atoms with Crippen molar-refractivity contribution in [2.75, 3.05) is 17.3 Å². The topological polar surface area (TPSA) is 58.6 Å². The number of hydrogen-bond acceptors (Lipinski definition) is 3. The van der Waals surface area contributed by atoms with E-state index >= 15 is 0 Å². The number of nitrogens with zero attached hydrogens (tertiary/aromatic N) is 1. The van der Waals surface area contributed by atoms with Crippen molar-refractivity contribution in [1.29, 1.82) is 0 Å². The lowest BCUT2D eigenvalue weighted by Gasteiger charge is -2.18. The Balaban J connectivity index is 1.79. The van der Waals surface area contributed by atoms with Gasteiger partial charge in [0.15, 0.2) is 0 Å². The van der Waals surface area contributed by atoms with Crippen LogP contribution in [0.2, 0.25) is 0 Å². The van der Waals surface area contributed by atoms with Gasteiger partial charge < -0.3 is 15.0 Å². The first-order valence-corrected chi connectivity index (χ1v) is 9.46. The molecule has 3 rings (SSSR count). The zero-order valence-corrected chi connectivity index (χ0v) is 16.8. The van der Waals surface area contributed by atoms with Crippen LogP contribution in [-0.4, -0.2) is 25.0 Å². The summed E-state index contributed by atoms with van der Waals surface area (Å²) < 4.78 is 5.75. The predicted octanol–water partition coefficient (Wildman–Crippen LogP) is 5.00. The summed E-state index contributed by atoms with van der Waals surface area (Å²) in [5.41, 5.74) is 2.21. The van der Waals surface area contributed by atoms with Crippen molar-refractivity contribution in [2.24, 2.45) is 0 Å². The molecule has 0 atom stereocenters. The summed E-state index contributed by atoms with van der Waals surface area (Å²) in [4.78, 5) is 27.2. The second kappa shape index (κ2) is 9.06. The standard InChI is InChI=1S/C24H24N2O3/c1-17(2)29-22-15-8-7-14-21(22)25-23(27)18-10-9-11-19(16-18)24(28)26(3)20-12-5-4-6-13-20/h4-17H,1-3H3,(H,25,27). The summed E-state index contributed by atoms with van der Waals surface area (Å²) in [6.45, 7) is 3.86. The second-order valence-electron chi connectivity index (χ2n) is 6.90. The number of carbonyl (C=O) groups is 2. The average Bonchev–Trinajstić information content (AvgIpc) is 2.74. The van der Waals surface area contributed by atoms with Crippen LogP contribution in [0.3, 0.4) is 0 Å². The zero-order valence-electron chi connectivity index (χ0n) is 16.8. The van der Waals surface area contributed by atoms with E-state index in [-0.39, 0.29) is 17.9 Å². The highest BCUT2D eigenvalue weighted by Gasteiger charge is 2.16. The number of para-hydroxylation sites is 3. The van der Waals surface area contributed by atoms with Gasteiger partial charge in [-0.05, 0) is 56.3 Å². The molecule has 1 N–H and O–H groups in total. The average molecular weight is 388 g/mol. The Hall–Kier alpha value is -3.60. The van der Waals surface area contributed by atoms with E-state index < -0.39 is 0 Å². The molecule has 29 heavy (non-hydrogen) atoms. The number of nitrogens with one attached hydrogen (secondary N) is 1. The lowest BCUT2D eigenvalue weighted by atomic mass is 10.1. The molecule has 5 heteroatoms. The molecule has 0 aliphatic heterocycles. The molecule has 0 heterocycles. The van der Waals surface area contributed by atoms with Gasteiger partial charge in [-0.3, -0.25) is 9.59 Å². The molecule has 0 bridgehead atoms. The van der Waals surface area contributed by atoms with Crippen LogP contribution in [-0.2, 0) is 0 Å². The van der Waals surface area contributed by atoms with E-state index in [1.54, 1.807) is 42.3 Å². The molecule has 0 aliphatic carbocycles. The van der Waals surface area contributed by atoms with Gasteiger partial charge in [0, 0.05) is 23.9 Å². The maximum Gasteiger partial charge on any atom is 0.258 e. The maximum absolute atomic E-state index is 12.8. The van der Waals surface area contributed by atoms with E-state index in [1.807, 2.05) is 62.4 Å². The van der Waals surface area contributed by atoms with Crippen molar-refractivity contribution in [2.45, 2.75) is 20.0 Å². The predicted molar refractivity (Wildman–Crippen MR) is 116 cm³/mol. The Morgan fingerprint density at radius 3 is 2.24 bits per heavy atom. The molecule has 0 aliphatic rings. The lowest BCUT2D eigenvalue weighted by Crippen LogP contribution is -2.26. The summed E-state index contributed by atoms with van der Waals surface area (Å²) in [5, 5.41) is 2.87. The maximum atomic E-state index is 12.8. The van der Waals surface area contributed by atoms with E-state index in [9.17, 15) is 9.59 Å². The van der Waals surface area contributed by atoms with E-state index in [0.717, 1.165) is 5.69 Å². The molecular weight excluding hydrogens is 364 g/mol. The smallest absolute Gasteiger partial charge is 0.258 e. The fourth-order valence-electron chi connectivity index (χ4n) is 2.88. The highest BCUT2D eigenvalue weighted by molar-refractivity contribution is 6.09. The van der Waals surface area contributed by atoms with E-state index in [4.69, 9.17) is 4.74 Å². The molecule has 0 fully saturated rings. The minimum atomic E-state index is -0.304. The lowest BCUT2D eigenvalue weighted by molar-refractivity contribution is 0.0993. The van der Waals surface area contributed by atoms with Gasteiger partial charge in [-0.25, -0.2) is 0 Å². The molecule has 0 aromatic heterocycles. The van der Waals surface area contributed by atoms with Crippen molar-refractivity contribution in [3.8, 4) is 5.75 Å². The molecule has 3 aromatic carbocycles. The van der Waals surface area contributed by atoms with Crippen LogP contribution in [0.5, 0.6) is 5.75 Å². The van der Waals surface area contributed by atoms with Crippen LogP contribution in [0.25, 0.3) is 0 Å². The number of ether oxygens (including phenoxy) is 1. The molecule has 0 spiro atoms. The Kier molecular flexibility index (Phi) is 6.29. The summed E-state index contributed by atoms with van der Waals surface area (Å²) in [5.74, 6) is 0.114. The molecule has 0 saturated heterocycles. The Labute approximate surface area is 170 Å². The quantitative estimate of drug-likeness (QED) is 0.646. The number of hydrogen-bond donors (Lipinski definition) is 1. The van der Waals surface area contributed by atoms with E-state index in [1.165, 1.54) is 0 Å². The third kappa shape index (κ3) is 5.02. The van der Waals surface area contributed by atoms with Crippen LogP contribution in [0.4, 0.5) is 11.4 Å². The molecule has 2 amide bonds. The highest BCUT2D eigenvalue weighted by atomic mass is 16.5. The number of amides is 2. The molecule has 148 valence electrons. The summed E-state index contributed by atoms with van der Waals surface area (Å²) >= 11 is 0. The molecule has 0 saturated carbocycles. The van der Waals surface area contributed by atoms with Gasteiger partial charge in [-0.1, -0.05) is 36.4 Å². The molecule has 0 unspecified atom stereocenters. The molecule has 0 radical (unpaired) electrons. The fourth-order valence-corrected chi connectivity index (χ4v) is 2.88. The molecular formula is C24H24N2O3. The first kappa shape index (κ1) is 20.1. The largest absolute Gasteiger partial charge is 0.489 e. The molecule has 3 aromatic rings. The minimum absolute atomic E-state index is 0.0116. The molecule has 5 nitrogen and oxygen atoms in total. The Morgan fingerprint density at radius 1 is 0.862 bits per heavy atom. The van der Waals surface area contributed by atoms with Crippen molar-refractivity contribution in [3.05, 3.63) is 90.0 Å². The monoisotopic (exact) mass is 388 g/mol. The number of anilines is 2. The van der Waals surface area contributed by atoms with Crippen LogP contribution in [0, 0.1) is 0 Å². The van der Waals surface area contributed by atoms with Crippen LogP contribution in [0.15, 0.2) is 78.9 Å². The number of carbonyl (C=O) groups excluding carboxylic acids is 2. The van der Waals surface area contributed by atoms with Crippen molar-refractivity contribution >= 4 is 23.2 Å². The first-order chi connectivity index (χ1) is 14.0. The number of benzene rings is 3. The van der Waals surface area contributed by atoms with Gasteiger partial charge in [0.2, 0.25) is 0 Å².